The van der Waals surface area contributed by atoms with E-state index >= 15 is 0 Å². The molecule has 0 atom stereocenters. The van der Waals surface area contributed by atoms with E-state index in [0.29, 0.717) is 0 Å². The van der Waals surface area contributed by atoms with E-state index in [9.17, 15) is 0 Å². The standard InChI is InChI=1S/C14H27N3/c1-17(13-7-3-2-4-8-13)12-6-11-16-14-9-5-10-15-14/h13H,2-12H2,1H3,(H,15,16). The molecule has 0 amide bonds. The molecule has 98 valence electrons. The van der Waals surface area contributed by atoms with Gasteiger partial charge in [0.1, 0.15) is 0 Å². The second-order valence-electron chi connectivity index (χ2n) is 5.48. The van der Waals surface area contributed by atoms with E-state index in [1.54, 1.807) is 0 Å². The van der Waals surface area contributed by atoms with Gasteiger partial charge in [0.25, 0.3) is 0 Å². The molecule has 17 heavy (non-hydrogen) atoms. The Bertz CT molecular complexity index is 244. The Labute approximate surface area is 106 Å². The SMILES string of the molecule is CN(CCCNC1=NCCC1)C1CCCCC1. The molecule has 1 heterocycles. The van der Waals surface area contributed by atoms with Crippen molar-refractivity contribution in [2.24, 2.45) is 4.99 Å². The van der Waals surface area contributed by atoms with E-state index < -0.39 is 0 Å². The molecule has 0 aromatic heterocycles. The Morgan fingerprint density at radius 2 is 2.06 bits per heavy atom. The van der Waals surface area contributed by atoms with Crippen LogP contribution >= 0.6 is 0 Å². The zero-order valence-electron chi connectivity index (χ0n) is 11.2. The molecular formula is C14H27N3. The van der Waals surface area contributed by atoms with Gasteiger partial charge in [0.2, 0.25) is 0 Å². The van der Waals surface area contributed by atoms with Gasteiger partial charge in [0.05, 0.1) is 5.84 Å². The van der Waals surface area contributed by atoms with Crippen molar-refractivity contribution in [3.8, 4) is 0 Å². The van der Waals surface area contributed by atoms with Crippen molar-refractivity contribution in [2.75, 3.05) is 26.7 Å². The van der Waals surface area contributed by atoms with Crippen LogP contribution in [0.2, 0.25) is 0 Å². The monoisotopic (exact) mass is 237 g/mol. The fraction of sp³-hybridized carbons (Fsp3) is 0.929. The molecule has 1 N–H and O–H groups in total. The Morgan fingerprint density at radius 1 is 1.24 bits per heavy atom. The summed E-state index contributed by atoms with van der Waals surface area (Å²) in [4.78, 5) is 7.00. The zero-order chi connectivity index (χ0) is 11.9. The first-order valence-electron chi connectivity index (χ1n) is 7.34. The molecule has 2 aliphatic rings. The van der Waals surface area contributed by atoms with E-state index in [1.165, 1.54) is 63.7 Å². The summed E-state index contributed by atoms with van der Waals surface area (Å²) >= 11 is 0. The quantitative estimate of drug-likeness (QED) is 0.744. The van der Waals surface area contributed by atoms with Crippen LogP contribution in [0, 0.1) is 0 Å². The molecule has 1 fully saturated rings. The van der Waals surface area contributed by atoms with Crippen LogP contribution in [0.25, 0.3) is 0 Å². The van der Waals surface area contributed by atoms with Gasteiger partial charge < -0.3 is 10.2 Å². The highest BCUT2D eigenvalue weighted by molar-refractivity contribution is 5.83. The maximum Gasteiger partial charge on any atom is 0.0963 e. The van der Waals surface area contributed by atoms with Gasteiger partial charge in [-0.3, -0.25) is 4.99 Å². The van der Waals surface area contributed by atoms with Crippen LogP contribution in [0.1, 0.15) is 51.4 Å². The highest BCUT2D eigenvalue weighted by Gasteiger charge is 2.17. The minimum Gasteiger partial charge on any atom is -0.374 e. The number of nitrogens with one attached hydrogen (secondary N) is 1. The van der Waals surface area contributed by atoms with Crippen LogP contribution in [-0.4, -0.2) is 43.5 Å². The van der Waals surface area contributed by atoms with Crippen molar-refractivity contribution < 1.29 is 0 Å². The molecular weight excluding hydrogens is 210 g/mol. The summed E-state index contributed by atoms with van der Waals surface area (Å²) in [6, 6.07) is 0.854. The summed E-state index contributed by atoms with van der Waals surface area (Å²) in [5, 5.41) is 3.46. The van der Waals surface area contributed by atoms with Crippen molar-refractivity contribution in [3.63, 3.8) is 0 Å². The minimum atomic E-state index is 0.854. The molecule has 0 aromatic carbocycles. The fourth-order valence-electron chi connectivity index (χ4n) is 2.95. The molecule has 0 aromatic rings. The Hall–Kier alpha value is -0.570. The van der Waals surface area contributed by atoms with Gasteiger partial charge in [0.15, 0.2) is 0 Å². The number of hydrogen-bond donors (Lipinski definition) is 1. The number of amidine groups is 1. The lowest BCUT2D eigenvalue weighted by atomic mass is 9.94. The van der Waals surface area contributed by atoms with Crippen LogP contribution in [0.15, 0.2) is 4.99 Å². The van der Waals surface area contributed by atoms with Crippen molar-refractivity contribution in [1.82, 2.24) is 10.2 Å². The third-order valence-corrected chi connectivity index (χ3v) is 4.09. The van der Waals surface area contributed by atoms with Crippen LogP contribution in [0.4, 0.5) is 0 Å². The van der Waals surface area contributed by atoms with E-state index in [-0.39, 0.29) is 0 Å². The third-order valence-electron chi connectivity index (χ3n) is 4.09. The first-order valence-corrected chi connectivity index (χ1v) is 7.34. The van der Waals surface area contributed by atoms with Gasteiger partial charge in [0, 0.05) is 25.6 Å². The maximum atomic E-state index is 4.43. The van der Waals surface area contributed by atoms with Gasteiger partial charge >= 0.3 is 0 Å². The minimum absolute atomic E-state index is 0.854. The predicted octanol–water partition coefficient (Wildman–Crippen LogP) is 2.42. The molecule has 0 spiro atoms. The van der Waals surface area contributed by atoms with Crippen molar-refractivity contribution in [1.29, 1.82) is 0 Å². The number of hydrogen-bond acceptors (Lipinski definition) is 3. The summed E-state index contributed by atoms with van der Waals surface area (Å²) in [5.74, 6) is 1.24. The highest BCUT2D eigenvalue weighted by atomic mass is 15.1. The van der Waals surface area contributed by atoms with Crippen LogP contribution < -0.4 is 5.32 Å². The average Bonchev–Trinajstić information content (AvgIpc) is 2.88. The molecule has 1 aliphatic heterocycles. The molecule has 0 bridgehead atoms. The van der Waals surface area contributed by atoms with E-state index in [4.69, 9.17) is 0 Å². The lowest BCUT2D eigenvalue weighted by Gasteiger charge is -2.31. The van der Waals surface area contributed by atoms with Crippen molar-refractivity contribution >= 4 is 5.84 Å². The zero-order valence-corrected chi connectivity index (χ0v) is 11.2. The topological polar surface area (TPSA) is 27.6 Å². The molecule has 0 saturated heterocycles. The average molecular weight is 237 g/mol. The molecule has 0 radical (unpaired) electrons. The molecule has 3 heteroatoms. The maximum absolute atomic E-state index is 4.43. The summed E-state index contributed by atoms with van der Waals surface area (Å²) in [5.41, 5.74) is 0. The largest absolute Gasteiger partial charge is 0.374 e. The molecule has 1 saturated carbocycles. The highest BCUT2D eigenvalue weighted by Crippen LogP contribution is 2.21. The van der Waals surface area contributed by atoms with E-state index in [2.05, 4.69) is 22.3 Å². The summed E-state index contributed by atoms with van der Waals surface area (Å²) in [6.07, 6.45) is 10.8. The number of rotatable bonds is 5. The van der Waals surface area contributed by atoms with Crippen LogP contribution in [-0.2, 0) is 0 Å². The Morgan fingerprint density at radius 3 is 2.76 bits per heavy atom. The molecule has 1 aliphatic carbocycles. The van der Waals surface area contributed by atoms with Gasteiger partial charge in [-0.2, -0.15) is 0 Å². The van der Waals surface area contributed by atoms with E-state index in [1.807, 2.05) is 0 Å². The van der Waals surface area contributed by atoms with E-state index in [0.717, 1.165) is 19.1 Å². The first-order chi connectivity index (χ1) is 8.36. The van der Waals surface area contributed by atoms with Gasteiger partial charge in [-0.1, -0.05) is 19.3 Å². The Kier molecular flexibility index (Phi) is 5.30. The molecule has 3 nitrogen and oxygen atoms in total. The third kappa shape index (κ3) is 4.30. The number of nitrogens with zero attached hydrogens (tertiary/aromatic N) is 2. The first kappa shape index (κ1) is 12.9. The predicted molar refractivity (Wildman–Crippen MR) is 73.7 cm³/mol. The van der Waals surface area contributed by atoms with Crippen molar-refractivity contribution in [2.45, 2.75) is 57.4 Å². The summed E-state index contributed by atoms with van der Waals surface area (Å²) in [7, 11) is 2.29. The molecule has 0 unspecified atom stereocenters. The Balaban J connectivity index is 1.54. The summed E-state index contributed by atoms with van der Waals surface area (Å²) < 4.78 is 0. The second kappa shape index (κ2) is 7.00. The normalized spacial score (nSPS) is 21.9. The van der Waals surface area contributed by atoms with Crippen LogP contribution in [0.5, 0.6) is 0 Å². The lowest BCUT2D eigenvalue weighted by Crippen LogP contribution is -2.35. The summed E-state index contributed by atoms with van der Waals surface area (Å²) in [6.45, 7) is 3.35. The van der Waals surface area contributed by atoms with Gasteiger partial charge in [-0.15, -0.1) is 0 Å². The van der Waals surface area contributed by atoms with Crippen LogP contribution in [0.3, 0.4) is 0 Å². The number of aliphatic imine (C=N–C) groups is 1. The molecule has 2 rings (SSSR count). The second-order valence-corrected chi connectivity index (χ2v) is 5.48. The van der Waals surface area contributed by atoms with Gasteiger partial charge in [-0.05, 0) is 39.3 Å². The fourth-order valence-corrected chi connectivity index (χ4v) is 2.95. The lowest BCUT2D eigenvalue weighted by molar-refractivity contribution is 0.190. The van der Waals surface area contributed by atoms with Crippen molar-refractivity contribution in [3.05, 3.63) is 0 Å². The van der Waals surface area contributed by atoms with Gasteiger partial charge in [-0.25, -0.2) is 0 Å². The smallest absolute Gasteiger partial charge is 0.0963 e.